The summed E-state index contributed by atoms with van der Waals surface area (Å²) in [5, 5.41) is 4.10. The van der Waals surface area contributed by atoms with Crippen LogP contribution in [0.3, 0.4) is 0 Å². The Balaban J connectivity index is 1.57. The minimum Gasteiger partial charge on any atom is -0.361 e. The number of aromatic nitrogens is 1. The first-order chi connectivity index (χ1) is 9.84. The molecule has 1 fully saturated rings. The maximum Gasteiger partial charge on any atom is 0.253 e. The molecule has 4 nitrogen and oxygen atoms in total. The van der Waals surface area contributed by atoms with E-state index in [1.807, 2.05) is 42.2 Å². The fourth-order valence-corrected chi connectivity index (χ4v) is 3.50. The first kappa shape index (κ1) is 13.5. The molecule has 0 bridgehead atoms. The molecule has 0 radical (unpaired) electrons. The van der Waals surface area contributed by atoms with E-state index in [9.17, 15) is 4.79 Å². The summed E-state index contributed by atoms with van der Waals surface area (Å²) in [6.45, 7) is 3.91. The second-order valence-corrected chi connectivity index (χ2v) is 6.18. The molecule has 0 unspecified atom stereocenters. The number of H-pyrrole nitrogens is 1. The van der Waals surface area contributed by atoms with Crippen LogP contribution in [0.25, 0.3) is 10.9 Å². The Morgan fingerprint density at radius 3 is 3.00 bits per heavy atom. The van der Waals surface area contributed by atoms with Crippen LogP contribution < -0.4 is 5.32 Å². The van der Waals surface area contributed by atoms with Gasteiger partial charge in [0.25, 0.3) is 5.91 Å². The second kappa shape index (κ2) is 6.33. The quantitative estimate of drug-likeness (QED) is 0.904. The van der Waals surface area contributed by atoms with E-state index in [4.69, 9.17) is 0 Å². The zero-order valence-corrected chi connectivity index (χ0v) is 12.2. The van der Waals surface area contributed by atoms with E-state index in [0.29, 0.717) is 6.54 Å². The molecule has 2 heterocycles. The summed E-state index contributed by atoms with van der Waals surface area (Å²) in [6, 6.07) is 7.78. The standard InChI is InChI=1S/C15H19N3OS/c19-15(17-6-7-18-8-10-20-11-9-18)13-3-1-2-12-4-5-16-14(12)13/h1-5,16H,6-11H2,(H,17,19). The number of nitrogens with zero attached hydrogens (tertiary/aromatic N) is 1. The lowest BCUT2D eigenvalue weighted by Gasteiger charge is -2.26. The van der Waals surface area contributed by atoms with Crippen molar-refractivity contribution in [2.24, 2.45) is 0 Å². The van der Waals surface area contributed by atoms with Crippen molar-refractivity contribution < 1.29 is 4.79 Å². The highest BCUT2D eigenvalue weighted by Crippen LogP contribution is 2.16. The summed E-state index contributed by atoms with van der Waals surface area (Å²) in [7, 11) is 0. The first-order valence-electron chi connectivity index (χ1n) is 6.99. The highest BCUT2D eigenvalue weighted by atomic mass is 32.2. The SMILES string of the molecule is O=C(NCCN1CCSCC1)c1cccc2cc[nH]c12. The van der Waals surface area contributed by atoms with Crippen LogP contribution >= 0.6 is 11.8 Å². The second-order valence-electron chi connectivity index (χ2n) is 4.96. The van der Waals surface area contributed by atoms with Crippen LogP contribution in [0.2, 0.25) is 0 Å². The zero-order chi connectivity index (χ0) is 13.8. The van der Waals surface area contributed by atoms with Gasteiger partial charge in [-0.05, 0) is 12.1 Å². The van der Waals surface area contributed by atoms with E-state index in [-0.39, 0.29) is 5.91 Å². The van der Waals surface area contributed by atoms with Crippen molar-refractivity contribution in [3.8, 4) is 0 Å². The summed E-state index contributed by atoms with van der Waals surface area (Å²) in [6.07, 6.45) is 1.87. The lowest BCUT2D eigenvalue weighted by molar-refractivity contribution is 0.0950. The first-order valence-corrected chi connectivity index (χ1v) is 8.14. The average Bonchev–Trinajstić information content (AvgIpc) is 2.96. The van der Waals surface area contributed by atoms with Gasteiger partial charge < -0.3 is 10.3 Å². The van der Waals surface area contributed by atoms with Crippen LogP contribution in [0.15, 0.2) is 30.5 Å². The van der Waals surface area contributed by atoms with Gasteiger partial charge in [-0.2, -0.15) is 11.8 Å². The van der Waals surface area contributed by atoms with Gasteiger partial charge in [-0.15, -0.1) is 0 Å². The van der Waals surface area contributed by atoms with Gasteiger partial charge in [0.2, 0.25) is 0 Å². The Morgan fingerprint density at radius 2 is 2.15 bits per heavy atom. The number of aromatic amines is 1. The van der Waals surface area contributed by atoms with Crippen LogP contribution in [0, 0.1) is 0 Å². The van der Waals surface area contributed by atoms with Crippen LogP contribution in [0.4, 0.5) is 0 Å². The summed E-state index contributed by atoms with van der Waals surface area (Å²) >= 11 is 2.00. The molecule has 5 heteroatoms. The van der Waals surface area contributed by atoms with E-state index in [0.717, 1.165) is 36.1 Å². The molecule has 1 aliphatic rings. The molecule has 0 saturated carbocycles. The van der Waals surface area contributed by atoms with Gasteiger partial charge in [0.05, 0.1) is 11.1 Å². The average molecular weight is 289 g/mol. The number of para-hydroxylation sites is 1. The number of rotatable bonds is 4. The maximum atomic E-state index is 12.2. The van der Waals surface area contributed by atoms with E-state index in [1.165, 1.54) is 11.5 Å². The third kappa shape index (κ3) is 2.99. The highest BCUT2D eigenvalue weighted by Gasteiger charge is 2.12. The Kier molecular flexibility index (Phi) is 4.28. The normalized spacial score (nSPS) is 16.4. The molecule has 2 N–H and O–H groups in total. The summed E-state index contributed by atoms with van der Waals surface area (Å²) in [4.78, 5) is 17.8. The minimum atomic E-state index is 0.00411. The number of benzene rings is 1. The molecule has 0 aliphatic carbocycles. The Labute approximate surface area is 122 Å². The van der Waals surface area contributed by atoms with Crippen LogP contribution in [-0.4, -0.2) is 53.5 Å². The van der Waals surface area contributed by atoms with Crippen molar-refractivity contribution >= 4 is 28.6 Å². The molecule has 1 saturated heterocycles. The number of hydrogen-bond acceptors (Lipinski definition) is 3. The van der Waals surface area contributed by atoms with E-state index >= 15 is 0 Å². The smallest absolute Gasteiger partial charge is 0.253 e. The predicted octanol–water partition coefficient (Wildman–Crippen LogP) is 1.95. The van der Waals surface area contributed by atoms with E-state index < -0.39 is 0 Å². The third-order valence-corrected chi connectivity index (χ3v) is 4.59. The van der Waals surface area contributed by atoms with Gasteiger partial charge in [-0.25, -0.2) is 0 Å². The number of thioether (sulfide) groups is 1. The Hall–Kier alpha value is -1.46. The van der Waals surface area contributed by atoms with Crippen molar-refractivity contribution in [3.63, 3.8) is 0 Å². The van der Waals surface area contributed by atoms with Gasteiger partial charge >= 0.3 is 0 Å². The maximum absolute atomic E-state index is 12.2. The van der Waals surface area contributed by atoms with Crippen LogP contribution in [0.1, 0.15) is 10.4 Å². The monoisotopic (exact) mass is 289 g/mol. The number of nitrogens with one attached hydrogen (secondary N) is 2. The van der Waals surface area contributed by atoms with Crippen molar-refractivity contribution in [1.29, 1.82) is 0 Å². The predicted molar refractivity (Wildman–Crippen MR) is 84.4 cm³/mol. The van der Waals surface area contributed by atoms with Gasteiger partial charge in [0.15, 0.2) is 0 Å². The van der Waals surface area contributed by atoms with Gasteiger partial charge in [-0.3, -0.25) is 9.69 Å². The lowest BCUT2D eigenvalue weighted by atomic mass is 10.1. The molecular weight excluding hydrogens is 270 g/mol. The number of carbonyl (C=O) groups is 1. The zero-order valence-electron chi connectivity index (χ0n) is 11.4. The Bertz CT molecular complexity index is 590. The Morgan fingerprint density at radius 1 is 1.30 bits per heavy atom. The number of amides is 1. The molecule has 1 aliphatic heterocycles. The van der Waals surface area contributed by atoms with Gasteiger partial charge in [-0.1, -0.05) is 12.1 Å². The van der Waals surface area contributed by atoms with E-state index in [2.05, 4.69) is 15.2 Å². The van der Waals surface area contributed by atoms with Crippen LogP contribution in [-0.2, 0) is 0 Å². The lowest BCUT2D eigenvalue weighted by Crippen LogP contribution is -2.39. The number of fused-ring (bicyclic) bond motifs is 1. The minimum absolute atomic E-state index is 0.00411. The van der Waals surface area contributed by atoms with E-state index in [1.54, 1.807) is 0 Å². The fraction of sp³-hybridized carbons (Fsp3) is 0.400. The third-order valence-electron chi connectivity index (χ3n) is 3.65. The number of carbonyl (C=O) groups excluding carboxylic acids is 1. The topological polar surface area (TPSA) is 48.1 Å². The largest absolute Gasteiger partial charge is 0.361 e. The van der Waals surface area contributed by atoms with Crippen LogP contribution in [0.5, 0.6) is 0 Å². The van der Waals surface area contributed by atoms with Gasteiger partial charge in [0, 0.05) is 49.3 Å². The van der Waals surface area contributed by atoms with Crippen molar-refractivity contribution in [3.05, 3.63) is 36.0 Å². The molecule has 0 atom stereocenters. The number of hydrogen-bond donors (Lipinski definition) is 2. The molecule has 1 aromatic carbocycles. The molecule has 106 valence electrons. The fourth-order valence-electron chi connectivity index (χ4n) is 2.52. The molecule has 1 aromatic heterocycles. The molecule has 2 aromatic rings. The van der Waals surface area contributed by atoms with Crippen molar-refractivity contribution in [2.45, 2.75) is 0 Å². The highest BCUT2D eigenvalue weighted by molar-refractivity contribution is 7.99. The molecule has 0 spiro atoms. The molecule has 20 heavy (non-hydrogen) atoms. The molecule has 3 rings (SSSR count). The summed E-state index contributed by atoms with van der Waals surface area (Å²) in [5.41, 5.74) is 1.64. The van der Waals surface area contributed by atoms with Gasteiger partial charge in [0.1, 0.15) is 0 Å². The summed E-state index contributed by atoms with van der Waals surface area (Å²) < 4.78 is 0. The van der Waals surface area contributed by atoms with Crippen molar-refractivity contribution in [1.82, 2.24) is 15.2 Å². The molecule has 1 amide bonds. The van der Waals surface area contributed by atoms with Crippen molar-refractivity contribution in [2.75, 3.05) is 37.7 Å². The molecular formula is C15H19N3OS. The summed E-state index contributed by atoms with van der Waals surface area (Å²) in [5.74, 6) is 2.41.